The quantitative estimate of drug-likeness (QED) is 0.117. The van der Waals surface area contributed by atoms with Crippen molar-refractivity contribution >= 4 is 56.0 Å². The second kappa shape index (κ2) is 22.3. The third-order valence-electron chi connectivity index (χ3n) is 13.4. The number of benzene rings is 4. The number of pyridine rings is 2. The van der Waals surface area contributed by atoms with Gasteiger partial charge in [-0.2, -0.15) is 25.5 Å². The number of ether oxygens (including phenoxy) is 2. The maximum atomic E-state index is 16.1. The van der Waals surface area contributed by atoms with E-state index >= 15 is 8.78 Å². The molecule has 4 aliphatic rings. The van der Waals surface area contributed by atoms with Gasteiger partial charge in [-0.3, -0.25) is 9.97 Å². The number of fused-ring (bicyclic) bond motifs is 4. The van der Waals surface area contributed by atoms with Gasteiger partial charge in [0.2, 0.25) is 11.4 Å². The molecule has 2 aromatic heterocycles. The molecule has 0 fully saturated rings. The van der Waals surface area contributed by atoms with Crippen LogP contribution >= 0.6 is 0 Å². The van der Waals surface area contributed by atoms with Gasteiger partial charge in [0, 0.05) is 63.0 Å². The fourth-order valence-corrected chi connectivity index (χ4v) is 10.4. The lowest BCUT2D eigenvalue weighted by Crippen LogP contribution is -2.22. The van der Waals surface area contributed by atoms with Gasteiger partial charge in [0.05, 0.1) is 61.0 Å². The van der Waals surface area contributed by atoms with Crippen molar-refractivity contribution in [3.05, 3.63) is 269 Å². The Hall–Kier alpha value is -12.5. The molecule has 14 nitrogen and oxygen atoms in total. The van der Waals surface area contributed by atoms with Crippen LogP contribution in [0.2, 0.25) is 0 Å². The molecule has 2 heterocycles. The van der Waals surface area contributed by atoms with Crippen LogP contribution in [0.15, 0.2) is 145 Å². The van der Waals surface area contributed by atoms with Crippen molar-refractivity contribution in [3.8, 4) is 58.3 Å². The lowest BCUT2D eigenvalue weighted by molar-refractivity contribution is 0.130. The highest BCUT2D eigenvalue weighted by Gasteiger charge is 2.46. The van der Waals surface area contributed by atoms with E-state index in [0.717, 1.165) is 11.1 Å². The van der Waals surface area contributed by atoms with Gasteiger partial charge >= 0.3 is 5.82 Å². The minimum Gasteiger partial charge on any atom is -0.488 e. The molecule has 0 saturated heterocycles. The van der Waals surface area contributed by atoms with Crippen molar-refractivity contribution in [2.24, 2.45) is 0 Å². The van der Waals surface area contributed by atoms with Crippen molar-refractivity contribution in [1.82, 2.24) is 9.97 Å². The van der Waals surface area contributed by atoms with Crippen LogP contribution in [0.25, 0.3) is 108 Å². The molecule has 0 amide bonds. The first kappa shape index (κ1) is 56.2. The topological polar surface area (TPSA) is 166 Å². The zero-order chi connectivity index (χ0) is 60.4. The Kier molecular flexibility index (Phi) is 14.9. The second-order valence-corrected chi connectivity index (χ2v) is 20.6. The highest BCUT2D eigenvalue weighted by Crippen LogP contribution is 2.60. The molecule has 0 N–H and O–H groups in total. The summed E-state index contributed by atoms with van der Waals surface area (Å²) in [6.07, 6.45) is 5.70. The summed E-state index contributed by atoms with van der Waals surface area (Å²) in [5.41, 5.74) is 3.90. The lowest BCUT2D eigenvalue weighted by atomic mass is 9.81. The predicted octanol–water partition coefficient (Wildman–Crippen LogP) is 16.7. The number of nitrogens with zero attached hydrogens (tertiary/aromatic N) is 12. The van der Waals surface area contributed by atoms with Gasteiger partial charge in [0.25, 0.3) is 5.70 Å². The summed E-state index contributed by atoms with van der Waals surface area (Å²) in [4.78, 5) is 29.1. The highest BCUT2D eigenvalue weighted by atomic mass is 19.1. The van der Waals surface area contributed by atoms with Gasteiger partial charge in [-0.25, -0.2) is 33.4 Å². The van der Waals surface area contributed by atoms with Gasteiger partial charge in [0.15, 0.2) is 6.20 Å². The van der Waals surface area contributed by atoms with E-state index in [1.807, 2.05) is 102 Å². The standard InChI is InChI=1S/C38H30N4O2.C30H8F2N8/c1-37(2,3)43-25-13-9-23(10-14-25)34-27(17-18-39)28-19-30-31(20-29(28)32(34)21-40)36(42-8)35(33(30)22-41-7)24-11-15-26(16-12-24)44-38(4,5)6;1-35-18(14-34)22-23-19(15(13-33)27(22)31)20(16-9-5-7-11-39-16)25-24(21(23)17-10-6-8-12-40-17)26(30(37-3)38-4)28(32)29(25)36-2/h9-17,19-20,22H,1-6H3;5-12H/b27-17-,33-22-;22-18+. The summed E-state index contributed by atoms with van der Waals surface area (Å²) in [6, 6.07) is 36.1. The van der Waals surface area contributed by atoms with Crippen LogP contribution in [-0.4, -0.2) is 21.2 Å². The van der Waals surface area contributed by atoms with Gasteiger partial charge in [0.1, 0.15) is 65.2 Å². The maximum absolute atomic E-state index is 16.1. The summed E-state index contributed by atoms with van der Waals surface area (Å²) in [5.74, 6) is -1.59. The molecule has 4 aliphatic carbocycles. The Balaban J connectivity index is 0.000000202. The van der Waals surface area contributed by atoms with E-state index in [0.29, 0.717) is 67.3 Å². The molecule has 16 heteroatoms. The first-order valence-corrected chi connectivity index (χ1v) is 25.3. The molecular weight excluding hydrogens is 1050 g/mol. The van der Waals surface area contributed by atoms with E-state index in [2.05, 4.69) is 51.2 Å². The second-order valence-electron chi connectivity index (χ2n) is 20.6. The normalized spacial score (nSPS) is 15.0. The average Bonchev–Trinajstić information content (AvgIpc) is 1.59. The molecule has 0 saturated carbocycles. The molecule has 6 aromatic rings. The Labute approximate surface area is 483 Å². The van der Waals surface area contributed by atoms with Gasteiger partial charge in [-0.1, -0.05) is 42.5 Å². The van der Waals surface area contributed by atoms with Crippen molar-refractivity contribution in [1.29, 1.82) is 21.0 Å². The van der Waals surface area contributed by atoms with Crippen LogP contribution in [0, 0.1) is 84.8 Å². The molecule has 10 rings (SSSR count). The third kappa shape index (κ3) is 9.67. The zero-order valence-corrected chi connectivity index (χ0v) is 45.5. The molecule has 0 unspecified atom stereocenters. The largest absolute Gasteiger partial charge is 0.528 e. The molecule has 0 aliphatic heterocycles. The van der Waals surface area contributed by atoms with Crippen molar-refractivity contribution < 1.29 is 18.3 Å². The first-order valence-electron chi connectivity index (χ1n) is 25.3. The van der Waals surface area contributed by atoms with Crippen molar-refractivity contribution in [2.45, 2.75) is 52.7 Å². The van der Waals surface area contributed by atoms with Crippen molar-refractivity contribution in [2.75, 3.05) is 0 Å². The summed E-state index contributed by atoms with van der Waals surface area (Å²) in [6.45, 7) is 58.1. The Bertz CT molecular complexity index is 4360. The molecule has 396 valence electrons. The van der Waals surface area contributed by atoms with Crippen LogP contribution in [0.1, 0.15) is 97.2 Å². The zero-order valence-electron chi connectivity index (χ0n) is 45.5. The molecule has 84 heavy (non-hydrogen) atoms. The average molecular weight is 1090 g/mol. The minimum absolute atomic E-state index is 0.0142. The van der Waals surface area contributed by atoms with E-state index in [1.165, 1.54) is 36.8 Å². The molecule has 0 spiro atoms. The SMILES string of the molecule is [C-]#[N+]/C=C1\C(c2ccc(OC(C)(C)C)cc2)=C([N+]#[C-])c2cc3c(cc21)/C(=C/C#N)C(c1ccc(OC(C)(C)C)cc1)=C3C#N.[C-]#[N+]C([N+]#[C-])=C1C(F)=C([N+]#[C-])c2c1c(-c1ccccn1)c1c(c2-c2ccccn2)C(C#N)=C(F)/C1=C(\C#N)[N+]#[C-]. The molecule has 0 radical (unpaired) electrons. The van der Waals surface area contributed by atoms with Crippen LogP contribution in [0.5, 0.6) is 11.5 Å². The number of rotatable bonds is 6. The van der Waals surface area contributed by atoms with E-state index in [4.69, 9.17) is 48.9 Å². The number of hydrogen-bond acceptors (Lipinski definition) is 8. The minimum atomic E-state index is -1.15. The summed E-state index contributed by atoms with van der Waals surface area (Å²) >= 11 is 0. The van der Waals surface area contributed by atoms with Gasteiger partial charge < -0.3 is 9.47 Å². The number of nitriles is 4. The summed E-state index contributed by atoms with van der Waals surface area (Å²) < 4.78 is 44.2. The summed E-state index contributed by atoms with van der Waals surface area (Å²) in [5, 5.41) is 40.0. The van der Waals surface area contributed by atoms with Crippen LogP contribution in [0.4, 0.5) is 8.78 Å². The number of hydrogen-bond donors (Lipinski definition) is 0. The molecular formula is C68H38F2N12O2. The maximum Gasteiger partial charge on any atom is 0.528 e. The third-order valence-corrected chi connectivity index (χ3v) is 13.4. The van der Waals surface area contributed by atoms with Crippen molar-refractivity contribution in [3.63, 3.8) is 0 Å². The lowest BCUT2D eigenvalue weighted by Gasteiger charge is -2.21. The fraction of sp³-hybridized carbons (Fsp3) is 0.118. The molecule has 4 aromatic carbocycles. The molecule has 0 bridgehead atoms. The van der Waals surface area contributed by atoms with E-state index in [1.54, 1.807) is 36.4 Å². The number of halogens is 2. The molecule has 0 atom stereocenters. The van der Waals surface area contributed by atoms with Crippen LogP contribution in [0.3, 0.4) is 0 Å². The number of aromatic nitrogens is 2. The Morgan fingerprint density at radius 2 is 1.05 bits per heavy atom. The first-order chi connectivity index (χ1) is 40.4. The van der Waals surface area contributed by atoms with Crippen LogP contribution < -0.4 is 9.47 Å². The summed E-state index contributed by atoms with van der Waals surface area (Å²) in [7, 11) is 0. The Morgan fingerprint density at radius 3 is 1.50 bits per heavy atom. The Morgan fingerprint density at radius 1 is 0.536 bits per heavy atom. The van der Waals surface area contributed by atoms with E-state index in [-0.39, 0.29) is 56.0 Å². The monoisotopic (exact) mass is 1090 g/mol. The van der Waals surface area contributed by atoms with Gasteiger partial charge in [-0.15, -0.1) is 0 Å². The fourth-order valence-electron chi connectivity index (χ4n) is 10.4. The predicted molar refractivity (Wildman–Crippen MR) is 315 cm³/mol. The number of allylic oxidation sites excluding steroid dienone is 12. The van der Waals surface area contributed by atoms with Crippen LogP contribution in [-0.2, 0) is 0 Å². The smallest absolute Gasteiger partial charge is 0.488 e. The highest BCUT2D eigenvalue weighted by molar-refractivity contribution is 6.28. The van der Waals surface area contributed by atoms with E-state index in [9.17, 15) is 21.0 Å². The van der Waals surface area contributed by atoms with E-state index < -0.39 is 45.6 Å². The van der Waals surface area contributed by atoms with Gasteiger partial charge in [-0.05, 0) is 146 Å².